The van der Waals surface area contributed by atoms with Crippen LogP contribution in [0.2, 0.25) is 16.6 Å². The Kier molecular flexibility index (Phi) is 8.73. The Morgan fingerprint density at radius 2 is 1.67 bits per heavy atom. The number of hydrogen-bond acceptors (Lipinski definition) is 4. The predicted molar refractivity (Wildman–Crippen MR) is 127 cm³/mol. The Bertz CT molecular complexity index is 809. The number of benzene rings is 1. The smallest absolute Gasteiger partial charge is 0.180 e. The molecule has 0 aliphatic heterocycles. The standard InChI is InChI=1S/C25H37NO3Si/c1-18(2)30(19(3)4,20(5)6)15-14-21-12-13-23(28-7)16-22(21)17-29-26-24-10-8-9-11-25(24)27/h12-13,16,18-20H,8-11,17H2,1-7H3/b26-24+. The van der Waals surface area contributed by atoms with Gasteiger partial charge in [0.25, 0.3) is 0 Å². The molecule has 0 aromatic heterocycles. The molecule has 1 aromatic carbocycles. The van der Waals surface area contributed by atoms with Gasteiger partial charge in [-0.05, 0) is 54.1 Å². The van der Waals surface area contributed by atoms with Gasteiger partial charge in [0, 0.05) is 17.5 Å². The van der Waals surface area contributed by atoms with Gasteiger partial charge in [-0.15, -0.1) is 5.54 Å². The maximum absolute atomic E-state index is 12.0. The molecule has 0 atom stereocenters. The van der Waals surface area contributed by atoms with E-state index in [9.17, 15) is 4.79 Å². The van der Waals surface area contributed by atoms with Gasteiger partial charge in [0.15, 0.2) is 5.78 Å². The van der Waals surface area contributed by atoms with Crippen molar-refractivity contribution >= 4 is 19.6 Å². The zero-order valence-electron chi connectivity index (χ0n) is 19.7. The van der Waals surface area contributed by atoms with E-state index < -0.39 is 8.07 Å². The lowest BCUT2D eigenvalue weighted by Crippen LogP contribution is -2.43. The first-order valence-electron chi connectivity index (χ1n) is 11.1. The number of nitrogens with zero attached hydrogens (tertiary/aromatic N) is 1. The highest BCUT2D eigenvalue weighted by molar-refractivity contribution is 6.90. The predicted octanol–water partition coefficient (Wildman–Crippen LogP) is 6.28. The van der Waals surface area contributed by atoms with Crippen molar-refractivity contribution in [1.29, 1.82) is 0 Å². The van der Waals surface area contributed by atoms with Crippen molar-refractivity contribution < 1.29 is 14.4 Å². The van der Waals surface area contributed by atoms with E-state index in [0.717, 1.165) is 29.7 Å². The summed E-state index contributed by atoms with van der Waals surface area (Å²) in [7, 11) is -0.175. The molecule has 0 unspecified atom stereocenters. The van der Waals surface area contributed by atoms with Gasteiger partial charge in [0.1, 0.15) is 26.1 Å². The van der Waals surface area contributed by atoms with Crippen LogP contribution in [0.25, 0.3) is 0 Å². The highest BCUT2D eigenvalue weighted by Gasteiger charge is 2.41. The molecule has 1 aliphatic rings. The summed E-state index contributed by atoms with van der Waals surface area (Å²) in [6, 6.07) is 5.90. The molecule has 0 saturated heterocycles. The third kappa shape index (κ3) is 5.54. The zero-order chi connectivity index (χ0) is 22.3. The molecule has 30 heavy (non-hydrogen) atoms. The van der Waals surface area contributed by atoms with Crippen LogP contribution in [0.15, 0.2) is 23.4 Å². The first-order valence-corrected chi connectivity index (χ1v) is 13.4. The number of methoxy groups -OCH3 is 1. The number of carbonyl (C=O) groups excluding carboxylic acids is 1. The van der Waals surface area contributed by atoms with Crippen LogP contribution in [0, 0.1) is 11.5 Å². The summed E-state index contributed by atoms with van der Waals surface area (Å²) in [5.74, 6) is 4.38. The first-order chi connectivity index (χ1) is 14.2. The van der Waals surface area contributed by atoms with Crippen LogP contribution >= 0.6 is 0 Å². The molecule has 0 bridgehead atoms. The fraction of sp³-hybridized carbons (Fsp3) is 0.600. The van der Waals surface area contributed by atoms with Gasteiger partial charge in [-0.25, -0.2) is 0 Å². The van der Waals surface area contributed by atoms with Crippen molar-refractivity contribution in [3.8, 4) is 17.2 Å². The fourth-order valence-corrected chi connectivity index (χ4v) is 9.90. The minimum absolute atomic E-state index is 0.105. The minimum atomic E-state index is -1.83. The number of oxime groups is 1. The van der Waals surface area contributed by atoms with Crippen LogP contribution in [0.5, 0.6) is 5.75 Å². The van der Waals surface area contributed by atoms with Crippen molar-refractivity contribution in [3.63, 3.8) is 0 Å². The van der Waals surface area contributed by atoms with Crippen molar-refractivity contribution in [2.24, 2.45) is 5.16 Å². The number of hydrogen-bond donors (Lipinski definition) is 0. The average Bonchev–Trinajstić information content (AvgIpc) is 2.69. The quantitative estimate of drug-likeness (QED) is 0.292. The molecule has 1 fully saturated rings. The normalized spacial score (nSPS) is 16.2. The van der Waals surface area contributed by atoms with Crippen LogP contribution in [0.4, 0.5) is 0 Å². The zero-order valence-corrected chi connectivity index (χ0v) is 20.7. The monoisotopic (exact) mass is 427 g/mol. The molecule has 0 radical (unpaired) electrons. The average molecular weight is 428 g/mol. The lowest BCUT2D eigenvalue weighted by molar-refractivity contribution is -0.113. The highest BCUT2D eigenvalue weighted by atomic mass is 28.3. The van der Waals surface area contributed by atoms with Crippen LogP contribution in [0.1, 0.15) is 78.4 Å². The molecule has 0 spiro atoms. The van der Waals surface area contributed by atoms with Gasteiger partial charge in [-0.1, -0.05) is 52.6 Å². The van der Waals surface area contributed by atoms with E-state index in [1.54, 1.807) is 7.11 Å². The van der Waals surface area contributed by atoms with E-state index in [1.807, 2.05) is 18.2 Å². The Morgan fingerprint density at radius 1 is 1.03 bits per heavy atom. The lowest BCUT2D eigenvalue weighted by atomic mass is 9.97. The molecule has 5 heteroatoms. The molecule has 1 saturated carbocycles. The van der Waals surface area contributed by atoms with Gasteiger partial charge >= 0.3 is 0 Å². The third-order valence-corrected chi connectivity index (χ3v) is 12.7. The second-order valence-electron chi connectivity index (χ2n) is 9.11. The topological polar surface area (TPSA) is 47.9 Å². The number of carbonyl (C=O) groups is 1. The van der Waals surface area contributed by atoms with E-state index >= 15 is 0 Å². The van der Waals surface area contributed by atoms with Gasteiger partial charge in [0.05, 0.1) is 7.11 Å². The van der Waals surface area contributed by atoms with Gasteiger partial charge in [0.2, 0.25) is 0 Å². The number of rotatable bonds is 7. The van der Waals surface area contributed by atoms with Crippen LogP contribution in [-0.4, -0.2) is 26.7 Å². The number of ether oxygens (including phenoxy) is 1. The van der Waals surface area contributed by atoms with Gasteiger partial charge in [-0.2, -0.15) is 0 Å². The van der Waals surface area contributed by atoms with Crippen LogP contribution < -0.4 is 4.74 Å². The van der Waals surface area contributed by atoms with E-state index in [1.165, 1.54) is 0 Å². The molecule has 164 valence electrons. The van der Waals surface area contributed by atoms with Crippen molar-refractivity contribution in [2.75, 3.05) is 7.11 Å². The van der Waals surface area contributed by atoms with E-state index in [-0.39, 0.29) is 12.4 Å². The van der Waals surface area contributed by atoms with Crippen molar-refractivity contribution in [1.82, 2.24) is 0 Å². The second-order valence-corrected chi connectivity index (χ2v) is 14.7. The summed E-state index contributed by atoms with van der Waals surface area (Å²) < 4.78 is 5.40. The maximum Gasteiger partial charge on any atom is 0.180 e. The van der Waals surface area contributed by atoms with Crippen molar-refractivity contribution in [3.05, 3.63) is 29.3 Å². The summed E-state index contributed by atoms with van der Waals surface area (Å²) in [6.07, 6.45) is 3.22. The summed E-state index contributed by atoms with van der Waals surface area (Å²) in [6.45, 7) is 14.2. The molecule has 4 nitrogen and oxygen atoms in total. The SMILES string of the molecule is COc1ccc(C#C[Si](C(C)C)(C(C)C)C(C)C)c(CO/N=C2\CCCCC2=O)c1. The van der Waals surface area contributed by atoms with Crippen LogP contribution in [0.3, 0.4) is 0 Å². The van der Waals surface area contributed by atoms with E-state index in [4.69, 9.17) is 9.57 Å². The van der Waals surface area contributed by atoms with Gasteiger partial charge in [-0.3, -0.25) is 4.79 Å². The summed E-state index contributed by atoms with van der Waals surface area (Å²) >= 11 is 0. The molecule has 0 amide bonds. The molecular formula is C25H37NO3Si. The molecule has 1 aromatic rings. The van der Waals surface area contributed by atoms with Gasteiger partial charge < -0.3 is 9.57 Å². The molecular weight excluding hydrogens is 390 g/mol. The van der Waals surface area contributed by atoms with Crippen molar-refractivity contribution in [2.45, 2.75) is 90.5 Å². The lowest BCUT2D eigenvalue weighted by Gasteiger charge is -2.38. The van der Waals surface area contributed by atoms with E-state index in [2.05, 4.69) is 58.2 Å². The largest absolute Gasteiger partial charge is 0.497 e. The first kappa shape index (κ1) is 24.2. The Balaban J connectivity index is 2.34. The number of Topliss-reactive ketones (excluding diaryl/α,β-unsaturated/α-hetero) is 1. The summed E-state index contributed by atoms with van der Waals surface area (Å²) in [5.41, 5.74) is 7.95. The summed E-state index contributed by atoms with van der Waals surface area (Å²) in [5, 5.41) is 4.14. The second kappa shape index (κ2) is 10.8. The molecule has 1 aliphatic carbocycles. The Hall–Kier alpha value is -2.06. The molecule has 2 rings (SSSR count). The molecule has 0 heterocycles. The Labute approximate surface area is 183 Å². The number of ketones is 1. The Morgan fingerprint density at radius 3 is 2.23 bits per heavy atom. The highest BCUT2D eigenvalue weighted by Crippen LogP contribution is 2.40. The molecule has 0 N–H and O–H groups in total. The van der Waals surface area contributed by atoms with Crippen LogP contribution in [-0.2, 0) is 16.2 Å². The third-order valence-electron chi connectivity index (χ3n) is 6.38. The minimum Gasteiger partial charge on any atom is -0.497 e. The maximum atomic E-state index is 12.0. The summed E-state index contributed by atoms with van der Waals surface area (Å²) in [4.78, 5) is 17.6. The van der Waals surface area contributed by atoms with E-state index in [0.29, 0.717) is 35.2 Å². The fourth-order valence-electron chi connectivity index (χ4n) is 4.69.